The number of hydrogen-bond acceptors (Lipinski definition) is 6. The lowest BCUT2D eigenvalue weighted by Crippen LogP contribution is -2.50. The van der Waals surface area contributed by atoms with Gasteiger partial charge >= 0.3 is 0 Å². The number of carbonyl (C=O) groups excluding carboxylic acids is 2. The molecule has 0 unspecified atom stereocenters. The van der Waals surface area contributed by atoms with Crippen LogP contribution in [0.2, 0.25) is 0 Å². The fourth-order valence-corrected chi connectivity index (χ4v) is 5.27. The number of anilines is 1. The van der Waals surface area contributed by atoms with Gasteiger partial charge in [0.25, 0.3) is 15.9 Å². The Bertz CT molecular complexity index is 1430. The highest BCUT2D eigenvalue weighted by Crippen LogP contribution is 2.20. The van der Waals surface area contributed by atoms with Gasteiger partial charge in [-0.1, -0.05) is 12.1 Å². The van der Waals surface area contributed by atoms with Crippen LogP contribution in [-0.4, -0.2) is 57.0 Å². The quantitative estimate of drug-likeness (QED) is 0.333. The van der Waals surface area contributed by atoms with Gasteiger partial charge < -0.3 is 19.7 Å². The van der Waals surface area contributed by atoms with E-state index < -0.39 is 40.2 Å². The average Bonchev–Trinajstić information content (AvgIpc) is 3.49. The number of nitrogens with one attached hydrogen (secondary N) is 2. The first-order chi connectivity index (χ1) is 19.6. The summed E-state index contributed by atoms with van der Waals surface area (Å²) in [6.07, 6.45) is 1.72. The van der Waals surface area contributed by atoms with Crippen LogP contribution in [-0.2, 0) is 30.9 Å². The van der Waals surface area contributed by atoms with E-state index in [0.29, 0.717) is 18.7 Å². The predicted octanol–water partition coefficient (Wildman–Crippen LogP) is 3.86. The molecule has 0 spiro atoms. The van der Waals surface area contributed by atoms with Gasteiger partial charge in [0.2, 0.25) is 5.91 Å². The van der Waals surface area contributed by atoms with Crippen molar-refractivity contribution in [3.8, 4) is 5.75 Å². The third-order valence-corrected chi connectivity index (χ3v) is 7.95. The number of rotatable bonds is 12. The molecule has 1 aliphatic heterocycles. The smallest absolute Gasteiger partial charge is 0.261 e. The molecule has 4 rings (SSSR count). The maximum atomic E-state index is 13.4. The molecule has 0 saturated carbocycles. The van der Waals surface area contributed by atoms with Gasteiger partial charge in [0.15, 0.2) is 6.61 Å². The number of benzene rings is 3. The van der Waals surface area contributed by atoms with E-state index in [9.17, 15) is 26.8 Å². The van der Waals surface area contributed by atoms with Crippen LogP contribution < -0.4 is 14.8 Å². The number of amides is 2. The number of nitrogens with zero attached hydrogens (tertiary/aromatic N) is 1. The van der Waals surface area contributed by atoms with E-state index in [1.807, 2.05) is 0 Å². The molecule has 218 valence electrons. The molecule has 1 saturated heterocycles. The van der Waals surface area contributed by atoms with Gasteiger partial charge in [0.05, 0.1) is 11.0 Å². The second kappa shape index (κ2) is 13.6. The third-order valence-electron chi connectivity index (χ3n) is 6.55. The van der Waals surface area contributed by atoms with E-state index >= 15 is 0 Å². The first-order valence-corrected chi connectivity index (χ1v) is 14.5. The van der Waals surface area contributed by atoms with Crippen LogP contribution in [0.5, 0.6) is 5.75 Å². The van der Waals surface area contributed by atoms with Crippen molar-refractivity contribution in [2.45, 2.75) is 43.4 Å². The summed E-state index contributed by atoms with van der Waals surface area (Å²) in [5.74, 6) is -1.54. The molecule has 2 N–H and O–H groups in total. The number of carbonyl (C=O) groups is 2. The summed E-state index contributed by atoms with van der Waals surface area (Å²) in [5.41, 5.74) is 0.828. The Labute approximate surface area is 237 Å². The summed E-state index contributed by atoms with van der Waals surface area (Å²) >= 11 is 0. The first kappa shape index (κ1) is 29.9. The molecular weight excluding hydrogens is 556 g/mol. The maximum Gasteiger partial charge on any atom is 0.261 e. The van der Waals surface area contributed by atoms with E-state index in [4.69, 9.17) is 9.47 Å². The predicted molar refractivity (Wildman–Crippen MR) is 148 cm³/mol. The summed E-state index contributed by atoms with van der Waals surface area (Å²) in [4.78, 5) is 27.4. The van der Waals surface area contributed by atoms with Crippen molar-refractivity contribution in [2.75, 3.05) is 24.5 Å². The van der Waals surface area contributed by atoms with E-state index in [1.165, 1.54) is 65.6 Å². The monoisotopic (exact) mass is 587 g/mol. The Hall–Kier alpha value is -4.03. The van der Waals surface area contributed by atoms with Crippen LogP contribution in [0.15, 0.2) is 77.7 Å². The normalized spacial score (nSPS) is 15.6. The number of halogens is 2. The van der Waals surface area contributed by atoms with Crippen LogP contribution in [0.4, 0.5) is 14.5 Å². The van der Waals surface area contributed by atoms with Crippen molar-refractivity contribution >= 4 is 27.5 Å². The highest BCUT2D eigenvalue weighted by molar-refractivity contribution is 7.92. The zero-order valence-corrected chi connectivity index (χ0v) is 23.2. The minimum atomic E-state index is -3.94. The van der Waals surface area contributed by atoms with Crippen LogP contribution in [0, 0.1) is 11.6 Å². The van der Waals surface area contributed by atoms with Gasteiger partial charge in [0.1, 0.15) is 23.4 Å². The van der Waals surface area contributed by atoms with Gasteiger partial charge in [-0.2, -0.15) is 0 Å². The zero-order chi connectivity index (χ0) is 29.4. The van der Waals surface area contributed by atoms with Gasteiger partial charge in [-0.25, -0.2) is 17.2 Å². The summed E-state index contributed by atoms with van der Waals surface area (Å²) in [7, 11) is -3.94. The summed E-state index contributed by atoms with van der Waals surface area (Å²) in [5, 5.41) is 2.83. The van der Waals surface area contributed by atoms with Gasteiger partial charge in [0, 0.05) is 25.4 Å². The molecular formula is C29H31F2N3O6S. The molecule has 2 amide bonds. The van der Waals surface area contributed by atoms with E-state index in [0.717, 1.165) is 25.0 Å². The molecule has 41 heavy (non-hydrogen) atoms. The lowest BCUT2D eigenvalue weighted by Gasteiger charge is -2.29. The molecule has 3 aromatic carbocycles. The number of ether oxygens (including phenoxy) is 2. The molecule has 3 aromatic rings. The SMILES string of the molecule is C[C@H](C(=O)NC[C@H]1CCCO1)N(Cc1ccc(F)cc1)C(=O)COc1ccc(S(=O)(=O)Nc2ccc(F)cc2)cc1. The number of hydrogen-bond donors (Lipinski definition) is 2. The summed E-state index contributed by atoms with van der Waals surface area (Å²) in [6.45, 7) is 2.21. The largest absolute Gasteiger partial charge is 0.484 e. The van der Waals surface area contributed by atoms with Crippen molar-refractivity contribution in [1.82, 2.24) is 10.2 Å². The van der Waals surface area contributed by atoms with Crippen molar-refractivity contribution in [3.63, 3.8) is 0 Å². The Morgan fingerprint density at radius 1 is 1.00 bits per heavy atom. The Balaban J connectivity index is 1.39. The molecule has 1 fully saturated rings. The van der Waals surface area contributed by atoms with E-state index in [2.05, 4.69) is 10.0 Å². The fraction of sp³-hybridized carbons (Fsp3) is 0.310. The molecule has 2 atom stereocenters. The third kappa shape index (κ3) is 8.48. The first-order valence-electron chi connectivity index (χ1n) is 13.1. The van der Waals surface area contributed by atoms with E-state index in [-0.39, 0.29) is 34.9 Å². The Morgan fingerprint density at radius 2 is 1.63 bits per heavy atom. The number of sulfonamides is 1. The molecule has 1 aliphatic rings. The lowest BCUT2D eigenvalue weighted by molar-refractivity contribution is -0.142. The maximum absolute atomic E-state index is 13.4. The van der Waals surface area contributed by atoms with Crippen LogP contribution in [0.25, 0.3) is 0 Å². The highest BCUT2D eigenvalue weighted by atomic mass is 32.2. The minimum Gasteiger partial charge on any atom is -0.484 e. The minimum absolute atomic E-state index is 0.0449. The molecule has 0 aliphatic carbocycles. The zero-order valence-electron chi connectivity index (χ0n) is 22.4. The van der Waals surface area contributed by atoms with Crippen molar-refractivity contribution in [2.24, 2.45) is 0 Å². The second-order valence-corrected chi connectivity index (χ2v) is 11.3. The van der Waals surface area contributed by atoms with E-state index in [1.54, 1.807) is 6.92 Å². The van der Waals surface area contributed by atoms with Gasteiger partial charge in [-0.05, 0) is 86.0 Å². The molecule has 1 heterocycles. The standard InChI is InChI=1S/C29H31F2N3O6S/c1-20(29(36)32-17-26-3-2-16-39-26)34(18-21-4-6-22(30)7-5-21)28(35)19-40-25-12-14-27(15-13-25)41(37,38)33-24-10-8-23(31)9-11-24/h4-15,20,26,33H,2-3,16-19H2,1H3,(H,32,36)/t20-,26-/m1/s1. The Morgan fingerprint density at radius 3 is 2.24 bits per heavy atom. The highest BCUT2D eigenvalue weighted by Gasteiger charge is 2.27. The molecule has 12 heteroatoms. The summed E-state index contributed by atoms with van der Waals surface area (Å²) in [6, 6.07) is 15.1. The van der Waals surface area contributed by atoms with Gasteiger partial charge in [-0.15, -0.1) is 0 Å². The fourth-order valence-electron chi connectivity index (χ4n) is 4.21. The molecule has 0 bridgehead atoms. The molecule has 0 aromatic heterocycles. The second-order valence-electron chi connectivity index (χ2n) is 9.58. The van der Waals surface area contributed by atoms with Crippen LogP contribution in [0.3, 0.4) is 0 Å². The van der Waals surface area contributed by atoms with Crippen molar-refractivity contribution < 1.29 is 36.3 Å². The molecule has 0 radical (unpaired) electrons. The average molecular weight is 588 g/mol. The molecule has 9 nitrogen and oxygen atoms in total. The van der Waals surface area contributed by atoms with Crippen molar-refractivity contribution in [3.05, 3.63) is 90.0 Å². The Kier molecular flexibility index (Phi) is 9.90. The lowest BCUT2D eigenvalue weighted by atomic mass is 10.1. The van der Waals surface area contributed by atoms with Crippen LogP contribution in [0.1, 0.15) is 25.3 Å². The summed E-state index contributed by atoms with van der Waals surface area (Å²) < 4.78 is 65.3. The van der Waals surface area contributed by atoms with Gasteiger partial charge in [-0.3, -0.25) is 14.3 Å². The van der Waals surface area contributed by atoms with Crippen LogP contribution >= 0.6 is 0 Å². The van der Waals surface area contributed by atoms with Crippen molar-refractivity contribution in [1.29, 1.82) is 0 Å². The topological polar surface area (TPSA) is 114 Å².